The summed E-state index contributed by atoms with van der Waals surface area (Å²) in [6.07, 6.45) is 5.57. The van der Waals surface area contributed by atoms with Crippen LogP contribution < -0.4 is 16.1 Å². The van der Waals surface area contributed by atoms with Crippen molar-refractivity contribution in [2.45, 2.75) is 39.0 Å². The maximum absolute atomic E-state index is 13.1. The first-order valence-corrected chi connectivity index (χ1v) is 8.90. The van der Waals surface area contributed by atoms with Crippen molar-refractivity contribution in [1.82, 2.24) is 9.55 Å². The van der Waals surface area contributed by atoms with Crippen molar-refractivity contribution in [3.63, 3.8) is 0 Å². The molecule has 4 heterocycles. The van der Waals surface area contributed by atoms with Gasteiger partial charge < -0.3 is 14.4 Å². The number of pyridine rings is 2. The zero-order chi connectivity index (χ0) is 19.3. The zero-order valence-corrected chi connectivity index (χ0v) is 15.3. The van der Waals surface area contributed by atoms with E-state index < -0.39 is 11.6 Å². The van der Waals surface area contributed by atoms with Crippen LogP contribution in [0.4, 0.5) is 0 Å². The van der Waals surface area contributed by atoms with E-state index in [1.807, 2.05) is 25.1 Å². The highest BCUT2D eigenvalue weighted by molar-refractivity contribution is 5.84. The molecule has 0 aromatic carbocycles. The van der Waals surface area contributed by atoms with Gasteiger partial charge >= 0.3 is 5.97 Å². The molecule has 0 saturated heterocycles. The summed E-state index contributed by atoms with van der Waals surface area (Å²) in [5.74, 6) is -0.718. The van der Waals surface area contributed by atoms with E-state index in [4.69, 9.17) is 9.72 Å². The lowest BCUT2D eigenvalue weighted by atomic mass is 9.86. The molecule has 1 N–H and O–H groups in total. The molecule has 4 rings (SSSR count). The Morgan fingerprint density at radius 2 is 2.19 bits per heavy atom. The van der Waals surface area contributed by atoms with Gasteiger partial charge in [-0.3, -0.25) is 4.79 Å². The molecule has 0 aliphatic carbocycles. The maximum atomic E-state index is 13.1. The van der Waals surface area contributed by atoms with Crippen molar-refractivity contribution in [1.29, 1.82) is 0 Å². The van der Waals surface area contributed by atoms with Crippen LogP contribution in [0.3, 0.4) is 0 Å². The number of cyclic esters (lactones) is 1. The number of allylic oxidation sites excluding steroid dienone is 1. The number of aliphatic hydroxyl groups is 1. The molecule has 2 aromatic heterocycles. The van der Waals surface area contributed by atoms with Gasteiger partial charge in [-0.15, -0.1) is 0 Å². The van der Waals surface area contributed by atoms with Crippen LogP contribution in [0, 0.1) is 0 Å². The molecule has 6 heteroatoms. The van der Waals surface area contributed by atoms with Crippen LogP contribution in [0.1, 0.15) is 37.0 Å². The van der Waals surface area contributed by atoms with Crippen LogP contribution in [-0.4, -0.2) is 20.6 Å². The van der Waals surface area contributed by atoms with Crippen molar-refractivity contribution >= 4 is 18.1 Å². The van der Waals surface area contributed by atoms with E-state index in [1.165, 1.54) is 0 Å². The number of carbonyl (C=O) groups excluding carboxylic acids is 1. The number of hydrogen-bond donors (Lipinski definition) is 1. The second-order valence-corrected chi connectivity index (χ2v) is 6.76. The van der Waals surface area contributed by atoms with Crippen LogP contribution in [0.25, 0.3) is 23.5 Å². The molecular weight excluding hydrogens is 344 g/mol. The van der Waals surface area contributed by atoms with E-state index in [1.54, 1.807) is 23.6 Å². The molecule has 0 amide bonds. The first-order valence-electron chi connectivity index (χ1n) is 8.90. The summed E-state index contributed by atoms with van der Waals surface area (Å²) in [7, 11) is 0. The van der Waals surface area contributed by atoms with Gasteiger partial charge in [-0.25, -0.2) is 9.78 Å². The summed E-state index contributed by atoms with van der Waals surface area (Å²) in [5, 5.41) is 12.6. The third kappa shape index (κ3) is 2.33. The fourth-order valence-electron chi connectivity index (χ4n) is 3.83. The molecule has 0 radical (unpaired) electrons. The molecule has 1 atom stereocenters. The number of ether oxygens (including phenoxy) is 1. The summed E-state index contributed by atoms with van der Waals surface area (Å²) >= 11 is 0. The summed E-state index contributed by atoms with van der Waals surface area (Å²) < 4.78 is 6.71. The number of carbonyl (C=O) groups is 1. The van der Waals surface area contributed by atoms with E-state index in [-0.39, 0.29) is 18.6 Å². The fourth-order valence-corrected chi connectivity index (χ4v) is 3.83. The predicted molar refractivity (Wildman–Crippen MR) is 101 cm³/mol. The summed E-state index contributed by atoms with van der Waals surface area (Å²) in [4.78, 5) is 29.9. The van der Waals surface area contributed by atoms with Gasteiger partial charge in [0.25, 0.3) is 5.56 Å². The standard InChI is InChI=1S/C21H20N2O4/c1-4-7-16-12(5-2)8-13-10-23-17(18(13)22-16)9-15-14(19(23)24)11-27-20(25)21(15,26)6-3/h4-5,7-9,26H,1,6,10-11H2,2-3H3. The average molecular weight is 364 g/mol. The first kappa shape index (κ1) is 17.4. The normalized spacial score (nSPS) is 21.5. The number of fused-ring (bicyclic) bond motifs is 4. The number of esters is 1. The molecule has 6 nitrogen and oxygen atoms in total. The lowest BCUT2D eigenvalue weighted by Gasteiger charge is -2.31. The van der Waals surface area contributed by atoms with Gasteiger partial charge in [0.05, 0.1) is 28.8 Å². The lowest BCUT2D eigenvalue weighted by Crippen LogP contribution is -2.44. The molecule has 0 saturated carbocycles. The van der Waals surface area contributed by atoms with Gasteiger partial charge in [0.1, 0.15) is 6.61 Å². The van der Waals surface area contributed by atoms with Gasteiger partial charge in [-0.05, 0) is 36.8 Å². The highest BCUT2D eigenvalue weighted by Crippen LogP contribution is 2.37. The SMILES string of the molecule is C=CC=c1nc2c(cc1=CC)Cn1c-2cc2c(c1=O)COC(=O)C2(O)CC. The van der Waals surface area contributed by atoms with E-state index in [9.17, 15) is 14.7 Å². The van der Waals surface area contributed by atoms with Gasteiger partial charge in [-0.1, -0.05) is 25.7 Å². The number of nitrogens with zero attached hydrogens (tertiary/aromatic N) is 2. The molecule has 0 spiro atoms. The Balaban J connectivity index is 2.05. The van der Waals surface area contributed by atoms with Crippen LogP contribution in [0.15, 0.2) is 29.6 Å². The van der Waals surface area contributed by atoms with Gasteiger partial charge in [0, 0.05) is 11.1 Å². The third-order valence-electron chi connectivity index (χ3n) is 5.36. The molecule has 2 aliphatic heterocycles. The fraction of sp³-hybridized carbons (Fsp3) is 0.286. The lowest BCUT2D eigenvalue weighted by molar-refractivity contribution is -0.172. The summed E-state index contributed by atoms with van der Waals surface area (Å²) in [6.45, 7) is 7.63. The van der Waals surface area contributed by atoms with E-state index in [2.05, 4.69) is 6.58 Å². The largest absolute Gasteiger partial charge is 0.458 e. The Kier molecular flexibility index (Phi) is 3.89. The van der Waals surface area contributed by atoms with Crippen molar-refractivity contribution < 1.29 is 14.6 Å². The molecule has 27 heavy (non-hydrogen) atoms. The topological polar surface area (TPSA) is 81.4 Å². The van der Waals surface area contributed by atoms with E-state index in [0.717, 1.165) is 16.1 Å². The second kappa shape index (κ2) is 6.03. The number of rotatable bonds is 2. The minimum absolute atomic E-state index is 0.122. The summed E-state index contributed by atoms with van der Waals surface area (Å²) in [6, 6.07) is 3.73. The minimum atomic E-state index is -1.81. The van der Waals surface area contributed by atoms with Gasteiger partial charge in [0.15, 0.2) is 5.60 Å². The molecule has 2 aliphatic rings. The third-order valence-corrected chi connectivity index (χ3v) is 5.36. The number of hydrogen-bond acceptors (Lipinski definition) is 5. The van der Waals surface area contributed by atoms with Gasteiger partial charge in [0.2, 0.25) is 0 Å². The smallest absolute Gasteiger partial charge is 0.343 e. The van der Waals surface area contributed by atoms with Crippen LogP contribution in [0.5, 0.6) is 0 Å². The Morgan fingerprint density at radius 3 is 2.85 bits per heavy atom. The highest BCUT2D eigenvalue weighted by Gasteiger charge is 2.45. The van der Waals surface area contributed by atoms with Crippen LogP contribution in [-0.2, 0) is 28.3 Å². The van der Waals surface area contributed by atoms with E-state index >= 15 is 0 Å². The summed E-state index contributed by atoms with van der Waals surface area (Å²) in [5.41, 5.74) is 0.816. The van der Waals surface area contributed by atoms with Crippen molar-refractivity contribution in [3.05, 3.63) is 62.4 Å². The van der Waals surface area contributed by atoms with Crippen molar-refractivity contribution in [2.24, 2.45) is 0 Å². The predicted octanol–water partition coefficient (Wildman–Crippen LogP) is 0.693. The van der Waals surface area contributed by atoms with E-state index in [0.29, 0.717) is 29.1 Å². The quantitative estimate of drug-likeness (QED) is 0.677. The molecule has 2 aromatic rings. The Bertz CT molecular complexity index is 1180. The van der Waals surface area contributed by atoms with Gasteiger partial charge in [-0.2, -0.15) is 0 Å². The Labute approximate surface area is 155 Å². The molecule has 0 bridgehead atoms. The Morgan fingerprint density at radius 1 is 1.41 bits per heavy atom. The van der Waals surface area contributed by atoms with Crippen LogP contribution in [0.2, 0.25) is 0 Å². The minimum Gasteiger partial charge on any atom is -0.458 e. The van der Waals surface area contributed by atoms with Crippen molar-refractivity contribution in [3.8, 4) is 11.4 Å². The number of aromatic nitrogens is 2. The maximum Gasteiger partial charge on any atom is 0.343 e. The highest BCUT2D eigenvalue weighted by atomic mass is 16.6. The van der Waals surface area contributed by atoms with Crippen molar-refractivity contribution in [2.75, 3.05) is 0 Å². The average Bonchev–Trinajstić information content (AvgIpc) is 3.03. The Hall–Kier alpha value is -2.99. The molecule has 138 valence electrons. The molecule has 0 fully saturated rings. The first-order chi connectivity index (χ1) is 12.9. The second-order valence-electron chi connectivity index (χ2n) is 6.76. The monoisotopic (exact) mass is 364 g/mol. The van der Waals surface area contributed by atoms with Crippen LogP contribution >= 0.6 is 0 Å². The zero-order valence-electron chi connectivity index (χ0n) is 15.3. The molecular formula is C21H20N2O4. The molecule has 1 unspecified atom stereocenters.